The van der Waals surface area contributed by atoms with Crippen LogP contribution in [0.4, 0.5) is 5.82 Å². The number of pyridine rings is 1. The van der Waals surface area contributed by atoms with Gasteiger partial charge in [0.1, 0.15) is 5.56 Å². The van der Waals surface area contributed by atoms with Gasteiger partial charge in [0, 0.05) is 19.0 Å². The van der Waals surface area contributed by atoms with Crippen molar-refractivity contribution in [1.82, 2.24) is 10.3 Å². The number of nitrogen functional groups attached to an aromatic ring is 1. The first-order valence-corrected chi connectivity index (χ1v) is 5.02. The fourth-order valence-corrected chi connectivity index (χ4v) is 1.20. The van der Waals surface area contributed by atoms with Crippen molar-refractivity contribution in [2.45, 2.75) is 12.8 Å². The fourth-order valence-electron chi connectivity index (χ4n) is 1.20. The van der Waals surface area contributed by atoms with Crippen molar-refractivity contribution in [3.8, 4) is 0 Å². The largest absolute Gasteiger partial charge is 0.478 e. The molecular formula is C10H12N4O4. The van der Waals surface area contributed by atoms with Crippen LogP contribution in [0.15, 0.2) is 18.3 Å². The van der Waals surface area contributed by atoms with E-state index >= 15 is 0 Å². The van der Waals surface area contributed by atoms with Crippen LogP contribution in [0, 0.1) is 0 Å². The number of hydrazine groups is 1. The molecule has 0 saturated carbocycles. The Kier molecular flexibility index (Phi) is 4.76. The van der Waals surface area contributed by atoms with Crippen LogP contribution < -0.4 is 16.6 Å². The standard InChI is InChI=1S/C6H7N3O2.C4H5NO2/c7-9-5-4(6(10)11)2-1-3-8-5;6-3-1-2-4(7)5-3/h1-3H,7H2,(H,8,9)(H,10,11);1-2H2,(H,5,6,7). The normalized spacial score (nSPS) is 13.4. The van der Waals surface area contributed by atoms with Gasteiger partial charge in [-0.1, -0.05) is 0 Å². The average molecular weight is 252 g/mol. The molecule has 0 unspecified atom stereocenters. The molecule has 1 aliphatic heterocycles. The lowest BCUT2D eigenvalue weighted by Gasteiger charge is -2.00. The molecule has 1 aliphatic rings. The molecule has 1 aromatic rings. The average Bonchev–Trinajstić information content (AvgIpc) is 2.73. The zero-order chi connectivity index (χ0) is 13.5. The van der Waals surface area contributed by atoms with E-state index in [1.807, 2.05) is 0 Å². The lowest BCUT2D eigenvalue weighted by molar-refractivity contribution is -0.124. The minimum Gasteiger partial charge on any atom is -0.478 e. The second kappa shape index (κ2) is 6.30. The lowest BCUT2D eigenvalue weighted by atomic mass is 10.2. The zero-order valence-corrected chi connectivity index (χ0v) is 9.34. The van der Waals surface area contributed by atoms with Crippen molar-refractivity contribution in [1.29, 1.82) is 0 Å². The SMILES string of the molecule is NNc1ncccc1C(=O)O.O=C1CCC(=O)N1. The fraction of sp³-hybridized carbons (Fsp3) is 0.200. The van der Waals surface area contributed by atoms with Crippen LogP contribution in [0.25, 0.3) is 0 Å². The molecule has 2 rings (SSSR count). The minimum absolute atomic E-state index is 0.0648. The van der Waals surface area contributed by atoms with E-state index in [0.717, 1.165) is 0 Å². The summed E-state index contributed by atoms with van der Waals surface area (Å²) in [6.45, 7) is 0. The number of anilines is 1. The van der Waals surface area contributed by atoms with Gasteiger partial charge in [-0.2, -0.15) is 0 Å². The Morgan fingerprint density at radius 1 is 1.39 bits per heavy atom. The van der Waals surface area contributed by atoms with Gasteiger partial charge in [0.05, 0.1) is 0 Å². The number of carboxylic acids is 1. The van der Waals surface area contributed by atoms with Gasteiger partial charge in [-0.05, 0) is 12.1 Å². The smallest absolute Gasteiger partial charge is 0.339 e. The number of nitrogens with one attached hydrogen (secondary N) is 2. The molecule has 96 valence electrons. The van der Waals surface area contributed by atoms with Crippen LogP contribution in [0.3, 0.4) is 0 Å². The van der Waals surface area contributed by atoms with Crippen LogP contribution in [0.2, 0.25) is 0 Å². The maximum Gasteiger partial charge on any atom is 0.339 e. The Labute approximate surface area is 102 Å². The molecule has 1 saturated heterocycles. The highest BCUT2D eigenvalue weighted by Gasteiger charge is 2.15. The van der Waals surface area contributed by atoms with Crippen molar-refractivity contribution in [3.63, 3.8) is 0 Å². The van der Waals surface area contributed by atoms with E-state index in [9.17, 15) is 14.4 Å². The third kappa shape index (κ3) is 3.83. The van der Waals surface area contributed by atoms with Crippen molar-refractivity contribution >= 4 is 23.6 Å². The van der Waals surface area contributed by atoms with Crippen molar-refractivity contribution < 1.29 is 19.5 Å². The maximum absolute atomic E-state index is 10.4. The summed E-state index contributed by atoms with van der Waals surface area (Å²) in [7, 11) is 0. The first kappa shape index (κ1) is 13.6. The van der Waals surface area contributed by atoms with Gasteiger partial charge in [0.2, 0.25) is 11.8 Å². The zero-order valence-electron chi connectivity index (χ0n) is 9.34. The Hall–Kier alpha value is -2.48. The Bertz CT molecular complexity index is 461. The van der Waals surface area contributed by atoms with E-state index in [-0.39, 0.29) is 23.2 Å². The number of hydrogen-bond donors (Lipinski definition) is 4. The van der Waals surface area contributed by atoms with Crippen LogP contribution in [0.5, 0.6) is 0 Å². The molecule has 18 heavy (non-hydrogen) atoms. The van der Waals surface area contributed by atoms with Crippen molar-refractivity contribution in [3.05, 3.63) is 23.9 Å². The molecule has 0 bridgehead atoms. The molecule has 1 aromatic heterocycles. The highest BCUT2D eigenvalue weighted by molar-refractivity contribution is 6.01. The Morgan fingerprint density at radius 2 is 2.00 bits per heavy atom. The molecule has 2 amide bonds. The number of nitrogens with two attached hydrogens (primary N) is 1. The molecule has 5 N–H and O–H groups in total. The van der Waals surface area contributed by atoms with Gasteiger partial charge in [-0.15, -0.1) is 0 Å². The first-order valence-electron chi connectivity index (χ1n) is 5.02. The molecule has 1 fully saturated rings. The Balaban J connectivity index is 0.000000199. The van der Waals surface area contributed by atoms with Crippen LogP contribution in [-0.4, -0.2) is 27.9 Å². The molecule has 0 spiro atoms. The van der Waals surface area contributed by atoms with Gasteiger partial charge >= 0.3 is 5.97 Å². The van der Waals surface area contributed by atoms with E-state index in [4.69, 9.17) is 10.9 Å². The van der Waals surface area contributed by atoms with Crippen molar-refractivity contribution in [2.75, 3.05) is 5.43 Å². The molecule has 8 nitrogen and oxygen atoms in total. The van der Waals surface area contributed by atoms with E-state index in [1.54, 1.807) is 0 Å². The van der Waals surface area contributed by atoms with Gasteiger partial charge < -0.3 is 10.5 Å². The minimum atomic E-state index is -1.05. The highest BCUT2D eigenvalue weighted by Crippen LogP contribution is 2.08. The van der Waals surface area contributed by atoms with Crippen LogP contribution >= 0.6 is 0 Å². The van der Waals surface area contributed by atoms with Gasteiger partial charge in [0.15, 0.2) is 5.82 Å². The van der Waals surface area contributed by atoms with E-state index in [0.29, 0.717) is 12.8 Å². The summed E-state index contributed by atoms with van der Waals surface area (Å²) in [6, 6.07) is 2.95. The molecule has 8 heteroatoms. The topological polar surface area (TPSA) is 134 Å². The first-order chi connectivity index (χ1) is 8.54. The van der Waals surface area contributed by atoms with Crippen LogP contribution in [0.1, 0.15) is 23.2 Å². The number of aromatic carboxylic acids is 1. The van der Waals surface area contributed by atoms with E-state index in [2.05, 4.69) is 15.7 Å². The molecule has 0 atom stereocenters. The molecule has 0 aromatic carbocycles. The summed E-state index contributed by atoms with van der Waals surface area (Å²) in [5, 5.41) is 10.7. The summed E-state index contributed by atoms with van der Waals surface area (Å²) < 4.78 is 0. The number of aromatic nitrogens is 1. The number of amides is 2. The van der Waals surface area contributed by atoms with Crippen LogP contribution in [-0.2, 0) is 9.59 Å². The second-order valence-electron chi connectivity index (χ2n) is 3.32. The predicted octanol–water partition coefficient (Wildman–Crippen LogP) is -0.512. The summed E-state index contributed by atoms with van der Waals surface area (Å²) in [4.78, 5) is 34.4. The predicted molar refractivity (Wildman–Crippen MR) is 61.4 cm³/mol. The van der Waals surface area contributed by atoms with Crippen molar-refractivity contribution in [2.24, 2.45) is 5.84 Å². The third-order valence-corrected chi connectivity index (χ3v) is 2.03. The number of carbonyl (C=O) groups is 3. The lowest BCUT2D eigenvalue weighted by Crippen LogP contribution is -2.18. The van der Waals surface area contributed by atoms with Gasteiger partial charge in [0.25, 0.3) is 0 Å². The third-order valence-electron chi connectivity index (χ3n) is 2.03. The number of nitrogens with zero attached hydrogens (tertiary/aromatic N) is 1. The molecular weight excluding hydrogens is 240 g/mol. The number of carboxylic acid groups (broad SMARTS) is 1. The summed E-state index contributed by atoms with van der Waals surface area (Å²) in [5.74, 6) is 3.83. The summed E-state index contributed by atoms with van der Waals surface area (Å²) in [5.41, 5.74) is 2.25. The number of hydrogen-bond acceptors (Lipinski definition) is 6. The van der Waals surface area contributed by atoms with E-state index < -0.39 is 5.97 Å². The molecule has 2 heterocycles. The summed E-state index contributed by atoms with van der Waals surface area (Å²) >= 11 is 0. The monoisotopic (exact) mass is 252 g/mol. The number of carbonyl (C=O) groups excluding carboxylic acids is 2. The number of rotatable bonds is 2. The summed E-state index contributed by atoms with van der Waals surface area (Å²) in [6.07, 6.45) is 2.21. The van der Waals surface area contributed by atoms with Gasteiger partial charge in [-0.25, -0.2) is 15.6 Å². The quantitative estimate of drug-likeness (QED) is 0.316. The highest BCUT2D eigenvalue weighted by atomic mass is 16.4. The maximum atomic E-state index is 10.4. The number of imide groups is 1. The Morgan fingerprint density at radius 3 is 2.33 bits per heavy atom. The van der Waals surface area contributed by atoms with E-state index in [1.165, 1.54) is 18.3 Å². The molecule has 0 radical (unpaired) electrons. The van der Waals surface area contributed by atoms with Gasteiger partial charge in [-0.3, -0.25) is 14.9 Å². The molecule has 0 aliphatic carbocycles. The second-order valence-corrected chi connectivity index (χ2v) is 3.32.